The molecular weight excluding hydrogens is 414 g/mol. The van der Waals surface area contributed by atoms with Gasteiger partial charge in [0.2, 0.25) is 0 Å². The number of hydrogen-bond acceptors (Lipinski definition) is 4. The molecule has 0 fully saturated rings. The second kappa shape index (κ2) is 8.56. The summed E-state index contributed by atoms with van der Waals surface area (Å²) in [4.78, 5) is 6.80. The first kappa shape index (κ1) is 20.7. The molecule has 0 saturated carbocycles. The Balaban J connectivity index is 2.03. The topological polar surface area (TPSA) is 50.9 Å². The Morgan fingerprint density at radius 3 is 2.79 bits per heavy atom. The van der Waals surface area contributed by atoms with Crippen molar-refractivity contribution >= 4 is 21.9 Å². The highest BCUT2D eigenvalue weighted by Gasteiger charge is 2.31. The van der Waals surface area contributed by atoms with E-state index in [0.29, 0.717) is 5.96 Å². The number of guanidine groups is 1. The van der Waals surface area contributed by atoms with Crippen LogP contribution in [0.5, 0.6) is 5.75 Å². The highest BCUT2D eigenvalue weighted by Crippen LogP contribution is 2.40. The molecule has 1 aliphatic rings. The molecule has 0 radical (unpaired) electrons. The molecule has 4 nitrogen and oxygen atoms in total. The second-order valence-corrected chi connectivity index (χ2v) is 8.68. The lowest BCUT2D eigenvalue weighted by Crippen LogP contribution is -2.43. The summed E-state index contributed by atoms with van der Waals surface area (Å²) in [5.74, 6) is 1.51. The molecule has 5 heteroatoms. The molecule has 0 spiro atoms. The van der Waals surface area contributed by atoms with Crippen LogP contribution in [0.1, 0.15) is 44.2 Å². The minimum absolute atomic E-state index is 0.309. The molecule has 28 heavy (non-hydrogen) atoms. The third-order valence-corrected chi connectivity index (χ3v) is 6.00. The fourth-order valence-electron chi connectivity index (χ4n) is 3.53. The molecule has 0 saturated heterocycles. The number of unbranched alkanes of at least 4 members (excludes halogenated alkanes) is 1. The van der Waals surface area contributed by atoms with E-state index in [1.54, 1.807) is 0 Å². The molecule has 3 rings (SSSR count). The molecule has 0 aliphatic carbocycles. The highest BCUT2D eigenvalue weighted by molar-refractivity contribution is 9.10. The predicted molar refractivity (Wildman–Crippen MR) is 121 cm³/mol. The molecule has 1 heterocycles. The van der Waals surface area contributed by atoms with Crippen LogP contribution >= 0.6 is 15.9 Å². The molecule has 1 aliphatic heterocycles. The third-order valence-electron chi connectivity index (χ3n) is 5.41. The summed E-state index contributed by atoms with van der Waals surface area (Å²) in [6.45, 7) is 8.06. The van der Waals surface area contributed by atoms with Crippen molar-refractivity contribution in [2.75, 3.05) is 20.2 Å². The Hall–Kier alpha value is -2.01. The highest BCUT2D eigenvalue weighted by atomic mass is 79.9. The minimum Gasteiger partial charge on any atom is -0.492 e. The molecule has 2 aromatic carbocycles. The molecule has 150 valence electrons. The normalized spacial score (nSPS) is 19.5. The molecule has 2 N–H and O–H groups in total. The van der Waals surface area contributed by atoms with E-state index in [0.717, 1.165) is 53.8 Å². The lowest BCUT2D eigenvalue weighted by Gasteiger charge is -2.35. The second-order valence-electron chi connectivity index (χ2n) is 7.82. The fraction of sp³-hybridized carbons (Fsp3) is 0.435. The van der Waals surface area contributed by atoms with E-state index in [4.69, 9.17) is 15.5 Å². The first-order valence-electron chi connectivity index (χ1n) is 9.94. The predicted octanol–water partition coefficient (Wildman–Crippen LogP) is 5.47. The van der Waals surface area contributed by atoms with Crippen LogP contribution in [0.2, 0.25) is 0 Å². The molecule has 0 amide bonds. The van der Waals surface area contributed by atoms with Crippen molar-refractivity contribution in [3.05, 3.63) is 52.0 Å². The van der Waals surface area contributed by atoms with Crippen LogP contribution < -0.4 is 10.5 Å². The number of rotatable bonds is 6. The fourth-order valence-corrected chi connectivity index (χ4v) is 4.22. The van der Waals surface area contributed by atoms with Crippen molar-refractivity contribution in [1.29, 1.82) is 0 Å². The summed E-state index contributed by atoms with van der Waals surface area (Å²) in [7, 11) is 1.99. The first-order valence-corrected chi connectivity index (χ1v) is 10.7. The first-order chi connectivity index (χ1) is 13.3. The largest absolute Gasteiger partial charge is 0.492 e. The van der Waals surface area contributed by atoms with Crippen molar-refractivity contribution in [3.8, 4) is 16.9 Å². The Kier molecular flexibility index (Phi) is 6.33. The maximum Gasteiger partial charge on any atom is 0.191 e. The number of ether oxygens (including phenoxy) is 1. The standard InChI is InChI=1S/C23H30BrN3O/c1-5-6-12-28-21-19(13-16(2)14-20(21)24)17-8-7-9-18(15-17)23(3)10-11-27(4)22(25)26-23/h7-9,13-15H,5-6,10-12H2,1-4H3,(H2,25,26). The van der Waals surface area contributed by atoms with Gasteiger partial charge in [-0.2, -0.15) is 0 Å². The van der Waals surface area contributed by atoms with E-state index in [1.165, 1.54) is 11.1 Å². The quantitative estimate of drug-likeness (QED) is 0.602. The molecule has 0 bridgehead atoms. The zero-order chi connectivity index (χ0) is 20.3. The van der Waals surface area contributed by atoms with Gasteiger partial charge in [0.15, 0.2) is 5.96 Å². The van der Waals surface area contributed by atoms with E-state index in [2.05, 4.69) is 73.1 Å². The zero-order valence-electron chi connectivity index (χ0n) is 17.3. The van der Waals surface area contributed by atoms with E-state index in [1.807, 2.05) is 11.9 Å². The lowest BCUT2D eigenvalue weighted by atomic mass is 9.86. The Bertz CT molecular complexity index is 880. The number of nitrogens with two attached hydrogens (primary N) is 1. The van der Waals surface area contributed by atoms with Crippen LogP contribution in [-0.4, -0.2) is 31.1 Å². The molecule has 2 aromatic rings. The maximum absolute atomic E-state index is 6.16. The summed E-state index contributed by atoms with van der Waals surface area (Å²) in [5.41, 5.74) is 10.4. The van der Waals surface area contributed by atoms with Gasteiger partial charge in [0.25, 0.3) is 0 Å². The third kappa shape index (κ3) is 4.35. The Morgan fingerprint density at radius 2 is 2.07 bits per heavy atom. The minimum atomic E-state index is -0.309. The molecule has 1 atom stereocenters. The van der Waals surface area contributed by atoms with Gasteiger partial charge in [0.1, 0.15) is 5.75 Å². The van der Waals surface area contributed by atoms with Gasteiger partial charge in [-0.25, -0.2) is 4.99 Å². The molecule has 0 aromatic heterocycles. The van der Waals surface area contributed by atoms with E-state index in [-0.39, 0.29) is 5.54 Å². The number of halogens is 1. The summed E-state index contributed by atoms with van der Waals surface area (Å²) >= 11 is 3.70. The molecular formula is C23H30BrN3O. The summed E-state index contributed by atoms with van der Waals surface area (Å²) in [6, 6.07) is 12.9. The van der Waals surface area contributed by atoms with Crippen LogP contribution in [0.15, 0.2) is 45.9 Å². The van der Waals surface area contributed by atoms with E-state index >= 15 is 0 Å². The zero-order valence-corrected chi connectivity index (χ0v) is 18.8. The van der Waals surface area contributed by atoms with Gasteiger partial charge in [0.05, 0.1) is 16.6 Å². The van der Waals surface area contributed by atoms with E-state index < -0.39 is 0 Å². The number of benzene rings is 2. The number of hydrogen-bond donors (Lipinski definition) is 1. The van der Waals surface area contributed by atoms with Crippen LogP contribution in [0, 0.1) is 6.92 Å². The van der Waals surface area contributed by atoms with Crippen molar-refractivity contribution in [3.63, 3.8) is 0 Å². The van der Waals surface area contributed by atoms with Crippen molar-refractivity contribution in [2.24, 2.45) is 10.7 Å². The van der Waals surface area contributed by atoms with Gasteiger partial charge >= 0.3 is 0 Å². The number of aliphatic imine (C=N–C) groups is 1. The van der Waals surface area contributed by atoms with Crippen LogP contribution in [0.25, 0.3) is 11.1 Å². The van der Waals surface area contributed by atoms with E-state index in [9.17, 15) is 0 Å². The van der Waals surface area contributed by atoms with Crippen LogP contribution in [0.4, 0.5) is 0 Å². The summed E-state index contributed by atoms with van der Waals surface area (Å²) < 4.78 is 7.16. The maximum atomic E-state index is 6.16. The van der Waals surface area contributed by atoms with Gasteiger partial charge in [0, 0.05) is 19.2 Å². The summed E-state index contributed by atoms with van der Waals surface area (Å²) in [5, 5.41) is 0. The Morgan fingerprint density at radius 1 is 1.29 bits per heavy atom. The monoisotopic (exact) mass is 443 g/mol. The smallest absolute Gasteiger partial charge is 0.191 e. The average molecular weight is 444 g/mol. The van der Waals surface area contributed by atoms with Gasteiger partial charge in [-0.05, 0) is 77.5 Å². The average Bonchev–Trinajstić information content (AvgIpc) is 2.66. The van der Waals surface area contributed by atoms with Gasteiger partial charge in [-0.15, -0.1) is 0 Å². The molecule has 1 unspecified atom stereocenters. The van der Waals surface area contributed by atoms with Gasteiger partial charge in [-0.1, -0.05) is 31.5 Å². The van der Waals surface area contributed by atoms with Crippen molar-refractivity contribution < 1.29 is 4.74 Å². The summed E-state index contributed by atoms with van der Waals surface area (Å²) in [6.07, 6.45) is 3.09. The van der Waals surface area contributed by atoms with Crippen LogP contribution in [0.3, 0.4) is 0 Å². The van der Waals surface area contributed by atoms with Crippen molar-refractivity contribution in [1.82, 2.24) is 4.90 Å². The van der Waals surface area contributed by atoms with Crippen LogP contribution in [-0.2, 0) is 5.54 Å². The number of nitrogens with zero attached hydrogens (tertiary/aromatic N) is 2. The lowest BCUT2D eigenvalue weighted by molar-refractivity contribution is 0.308. The van der Waals surface area contributed by atoms with Gasteiger partial charge in [-0.3, -0.25) is 0 Å². The van der Waals surface area contributed by atoms with Crippen molar-refractivity contribution in [2.45, 2.75) is 45.6 Å². The Labute approximate surface area is 176 Å². The number of aryl methyl sites for hydroxylation is 1. The SMILES string of the molecule is CCCCOc1c(Br)cc(C)cc1-c1cccc(C2(C)CCN(C)C(N)=N2)c1. The van der Waals surface area contributed by atoms with Gasteiger partial charge < -0.3 is 15.4 Å².